The lowest BCUT2D eigenvalue weighted by molar-refractivity contribution is -0.384. The van der Waals surface area contributed by atoms with Crippen molar-refractivity contribution >= 4 is 17.3 Å². The molecular formula is C13H15FN2O4. The van der Waals surface area contributed by atoms with E-state index in [1.807, 2.05) is 0 Å². The maximum atomic E-state index is 13.5. The first kappa shape index (κ1) is 14.2. The molecule has 2 rings (SSSR count). The zero-order valence-corrected chi connectivity index (χ0v) is 10.9. The van der Waals surface area contributed by atoms with Crippen LogP contribution in [0.15, 0.2) is 12.1 Å². The monoisotopic (exact) mass is 282 g/mol. The number of hydrogen-bond donors (Lipinski definition) is 2. The minimum absolute atomic E-state index is 0.0517. The molecule has 0 aromatic heterocycles. The van der Waals surface area contributed by atoms with Gasteiger partial charge in [-0.3, -0.25) is 10.1 Å². The average Bonchev–Trinajstić information content (AvgIpc) is 2.76. The quantitative estimate of drug-likeness (QED) is 0.654. The van der Waals surface area contributed by atoms with E-state index in [0.717, 1.165) is 25.3 Å². The molecule has 1 fully saturated rings. The zero-order chi connectivity index (χ0) is 14.9. The van der Waals surface area contributed by atoms with E-state index in [-0.39, 0.29) is 11.7 Å². The molecule has 108 valence electrons. The highest BCUT2D eigenvalue weighted by molar-refractivity contribution is 5.90. The SMILES string of the molecule is CC1CCC(Nc2cc(C(=O)O)c(F)cc2[N+](=O)[O-])C1. The third-order valence-corrected chi connectivity index (χ3v) is 3.57. The van der Waals surface area contributed by atoms with Crippen LogP contribution in [0, 0.1) is 21.8 Å². The van der Waals surface area contributed by atoms with Gasteiger partial charge in [-0.2, -0.15) is 0 Å². The number of nitrogens with one attached hydrogen (secondary N) is 1. The maximum absolute atomic E-state index is 13.5. The summed E-state index contributed by atoms with van der Waals surface area (Å²) < 4.78 is 13.5. The second-order valence-corrected chi connectivity index (χ2v) is 5.17. The van der Waals surface area contributed by atoms with Gasteiger partial charge in [-0.05, 0) is 31.2 Å². The fraction of sp³-hybridized carbons (Fsp3) is 0.462. The van der Waals surface area contributed by atoms with Gasteiger partial charge in [0, 0.05) is 6.04 Å². The summed E-state index contributed by atoms with van der Waals surface area (Å²) in [6.45, 7) is 2.09. The van der Waals surface area contributed by atoms with Crippen LogP contribution in [0.1, 0.15) is 36.5 Å². The number of nitro groups is 1. The molecule has 0 aliphatic heterocycles. The highest BCUT2D eigenvalue weighted by Gasteiger charge is 2.26. The molecule has 1 aliphatic rings. The van der Waals surface area contributed by atoms with Crippen LogP contribution in [-0.4, -0.2) is 22.0 Å². The number of anilines is 1. The van der Waals surface area contributed by atoms with E-state index in [1.54, 1.807) is 0 Å². The molecule has 2 unspecified atom stereocenters. The maximum Gasteiger partial charge on any atom is 0.338 e. The van der Waals surface area contributed by atoms with E-state index < -0.39 is 28.0 Å². The van der Waals surface area contributed by atoms with Crippen molar-refractivity contribution in [3.05, 3.63) is 33.6 Å². The van der Waals surface area contributed by atoms with Crippen LogP contribution in [0.3, 0.4) is 0 Å². The Labute approximate surface area is 114 Å². The van der Waals surface area contributed by atoms with Gasteiger partial charge in [0.1, 0.15) is 11.5 Å². The number of carboxylic acid groups (broad SMARTS) is 1. The predicted molar refractivity (Wildman–Crippen MR) is 70.4 cm³/mol. The van der Waals surface area contributed by atoms with Crippen molar-refractivity contribution in [3.63, 3.8) is 0 Å². The normalized spacial score (nSPS) is 21.7. The molecule has 1 aromatic rings. The molecular weight excluding hydrogens is 267 g/mol. The zero-order valence-electron chi connectivity index (χ0n) is 10.9. The van der Waals surface area contributed by atoms with Crippen LogP contribution in [0.2, 0.25) is 0 Å². The molecule has 0 spiro atoms. The van der Waals surface area contributed by atoms with Crippen molar-refractivity contribution in [2.75, 3.05) is 5.32 Å². The predicted octanol–water partition coefficient (Wildman–Crippen LogP) is 3.03. The van der Waals surface area contributed by atoms with E-state index >= 15 is 0 Å². The molecule has 7 heteroatoms. The fourth-order valence-electron chi connectivity index (χ4n) is 2.55. The van der Waals surface area contributed by atoms with Crippen molar-refractivity contribution < 1.29 is 19.2 Å². The third kappa shape index (κ3) is 2.87. The Bertz CT molecular complexity index is 562. The van der Waals surface area contributed by atoms with Gasteiger partial charge in [-0.1, -0.05) is 6.92 Å². The molecule has 0 heterocycles. The number of benzene rings is 1. The Morgan fingerprint density at radius 3 is 2.70 bits per heavy atom. The smallest absolute Gasteiger partial charge is 0.338 e. The minimum atomic E-state index is -1.44. The highest BCUT2D eigenvalue weighted by Crippen LogP contribution is 2.33. The second kappa shape index (κ2) is 5.44. The summed E-state index contributed by atoms with van der Waals surface area (Å²) in [5, 5.41) is 22.8. The van der Waals surface area contributed by atoms with E-state index in [9.17, 15) is 19.3 Å². The number of nitrogens with zero attached hydrogens (tertiary/aromatic N) is 1. The summed E-state index contributed by atoms with van der Waals surface area (Å²) >= 11 is 0. The molecule has 1 aliphatic carbocycles. The summed E-state index contributed by atoms with van der Waals surface area (Å²) in [7, 11) is 0. The van der Waals surface area contributed by atoms with Gasteiger partial charge in [0.05, 0.1) is 16.6 Å². The van der Waals surface area contributed by atoms with Crippen molar-refractivity contribution in [2.45, 2.75) is 32.2 Å². The standard InChI is InChI=1S/C13H15FN2O4/c1-7-2-3-8(4-7)15-11-5-9(13(17)18)10(14)6-12(11)16(19)20/h5-8,15H,2-4H2,1H3,(H,17,18). The molecule has 2 N–H and O–H groups in total. The molecule has 0 bridgehead atoms. The van der Waals surface area contributed by atoms with Crippen molar-refractivity contribution in [2.24, 2.45) is 5.92 Å². The van der Waals surface area contributed by atoms with Gasteiger partial charge in [-0.25, -0.2) is 9.18 Å². The number of nitro benzene ring substituents is 1. The van der Waals surface area contributed by atoms with Crippen LogP contribution in [0.5, 0.6) is 0 Å². The summed E-state index contributed by atoms with van der Waals surface area (Å²) in [6.07, 6.45) is 2.73. The molecule has 1 aromatic carbocycles. The molecule has 0 radical (unpaired) electrons. The lowest BCUT2D eigenvalue weighted by Gasteiger charge is -2.14. The van der Waals surface area contributed by atoms with Crippen molar-refractivity contribution in [1.82, 2.24) is 0 Å². The summed E-state index contributed by atoms with van der Waals surface area (Å²) in [4.78, 5) is 21.1. The van der Waals surface area contributed by atoms with Crippen LogP contribution < -0.4 is 5.32 Å². The third-order valence-electron chi connectivity index (χ3n) is 3.57. The van der Waals surface area contributed by atoms with Crippen LogP contribution >= 0.6 is 0 Å². The Hall–Kier alpha value is -2.18. The lowest BCUT2D eigenvalue weighted by Crippen LogP contribution is -2.17. The molecule has 0 amide bonds. The summed E-state index contributed by atoms with van der Waals surface area (Å²) in [5.74, 6) is -2.03. The number of halogens is 1. The van der Waals surface area contributed by atoms with E-state index in [0.29, 0.717) is 12.0 Å². The van der Waals surface area contributed by atoms with Crippen LogP contribution in [-0.2, 0) is 0 Å². The highest BCUT2D eigenvalue weighted by atomic mass is 19.1. The molecule has 6 nitrogen and oxygen atoms in total. The Kier molecular flexibility index (Phi) is 3.87. The van der Waals surface area contributed by atoms with Crippen molar-refractivity contribution in [1.29, 1.82) is 0 Å². The van der Waals surface area contributed by atoms with Gasteiger partial charge in [0.2, 0.25) is 0 Å². The van der Waals surface area contributed by atoms with Gasteiger partial charge < -0.3 is 10.4 Å². The summed E-state index contributed by atoms with van der Waals surface area (Å²) in [6, 6.07) is 1.71. The molecule has 0 saturated heterocycles. The van der Waals surface area contributed by atoms with Crippen LogP contribution in [0.25, 0.3) is 0 Å². The minimum Gasteiger partial charge on any atom is -0.478 e. The van der Waals surface area contributed by atoms with Gasteiger partial charge in [0.15, 0.2) is 0 Å². The molecule has 20 heavy (non-hydrogen) atoms. The molecule has 1 saturated carbocycles. The first-order chi connectivity index (χ1) is 9.38. The Balaban J connectivity index is 2.35. The lowest BCUT2D eigenvalue weighted by atomic mass is 10.1. The van der Waals surface area contributed by atoms with Gasteiger partial charge >= 0.3 is 5.97 Å². The largest absolute Gasteiger partial charge is 0.478 e. The summed E-state index contributed by atoms with van der Waals surface area (Å²) in [5.41, 5.74) is -0.941. The first-order valence-corrected chi connectivity index (χ1v) is 6.36. The van der Waals surface area contributed by atoms with E-state index in [4.69, 9.17) is 5.11 Å². The number of carboxylic acids is 1. The van der Waals surface area contributed by atoms with Gasteiger partial charge in [0.25, 0.3) is 5.69 Å². The number of carbonyl (C=O) groups is 1. The van der Waals surface area contributed by atoms with E-state index in [1.165, 1.54) is 0 Å². The first-order valence-electron chi connectivity index (χ1n) is 6.36. The van der Waals surface area contributed by atoms with E-state index in [2.05, 4.69) is 12.2 Å². The second-order valence-electron chi connectivity index (χ2n) is 5.17. The topological polar surface area (TPSA) is 92.5 Å². The number of hydrogen-bond acceptors (Lipinski definition) is 4. The fourth-order valence-corrected chi connectivity index (χ4v) is 2.55. The van der Waals surface area contributed by atoms with Crippen molar-refractivity contribution in [3.8, 4) is 0 Å². The molecule has 2 atom stereocenters. The van der Waals surface area contributed by atoms with Crippen LogP contribution in [0.4, 0.5) is 15.8 Å². The average molecular weight is 282 g/mol. The number of aromatic carboxylic acids is 1. The Morgan fingerprint density at radius 2 is 2.20 bits per heavy atom. The van der Waals surface area contributed by atoms with Gasteiger partial charge in [-0.15, -0.1) is 0 Å². The number of rotatable bonds is 4. The Morgan fingerprint density at radius 1 is 1.50 bits per heavy atom.